The number of hydrogen-bond acceptors (Lipinski definition) is 3. The Labute approximate surface area is 201 Å². The second kappa shape index (κ2) is 11.9. The molecule has 33 heavy (non-hydrogen) atoms. The summed E-state index contributed by atoms with van der Waals surface area (Å²) < 4.78 is 0. The molecule has 0 saturated carbocycles. The summed E-state index contributed by atoms with van der Waals surface area (Å²) in [5, 5.41) is 3.84. The Hall–Kier alpha value is -2.75. The SMILES string of the molecule is C=C/C=C1\N(C)c2ccc(C)cc2NC12CCN(C(=O)C/C=C/C(C)CC(=C)C)CC2.CC. The summed E-state index contributed by atoms with van der Waals surface area (Å²) in [6, 6.07) is 6.53. The molecule has 1 aromatic carbocycles. The third-order valence-electron chi connectivity index (χ3n) is 6.41. The van der Waals surface area contributed by atoms with Crippen molar-refractivity contribution in [2.45, 2.75) is 65.8 Å². The van der Waals surface area contributed by atoms with Crippen LogP contribution in [0, 0.1) is 12.8 Å². The van der Waals surface area contributed by atoms with Gasteiger partial charge in [-0.3, -0.25) is 4.79 Å². The predicted octanol–water partition coefficient (Wildman–Crippen LogP) is 6.86. The molecule has 1 N–H and O–H groups in total. The van der Waals surface area contributed by atoms with Crippen LogP contribution in [0.1, 0.15) is 58.9 Å². The van der Waals surface area contributed by atoms with Gasteiger partial charge < -0.3 is 15.1 Å². The van der Waals surface area contributed by atoms with Gasteiger partial charge in [0.1, 0.15) is 0 Å². The summed E-state index contributed by atoms with van der Waals surface area (Å²) in [5.74, 6) is 0.635. The number of carbonyl (C=O) groups excluding carboxylic acids is 1. The second-order valence-electron chi connectivity index (χ2n) is 9.23. The van der Waals surface area contributed by atoms with Crippen molar-refractivity contribution in [2.75, 3.05) is 30.4 Å². The molecule has 0 aliphatic carbocycles. The third kappa shape index (κ3) is 6.40. The first-order chi connectivity index (χ1) is 15.8. The first-order valence-electron chi connectivity index (χ1n) is 12.3. The van der Waals surface area contributed by atoms with Crippen molar-refractivity contribution in [3.05, 3.63) is 72.5 Å². The molecule has 1 aromatic rings. The minimum Gasteiger partial charge on any atom is -0.372 e. The maximum Gasteiger partial charge on any atom is 0.226 e. The number of benzene rings is 1. The van der Waals surface area contributed by atoms with Crippen molar-refractivity contribution in [1.29, 1.82) is 0 Å². The average molecular weight is 450 g/mol. The lowest BCUT2D eigenvalue weighted by Crippen LogP contribution is -2.56. The van der Waals surface area contributed by atoms with Crippen LogP contribution >= 0.6 is 0 Å². The van der Waals surface area contributed by atoms with Gasteiger partial charge in [0.25, 0.3) is 0 Å². The average Bonchev–Trinajstić information content (AvgIpc) is 2.77. The molecule has 1 spiro atoms. The Balaban J connectivity index is 0.00000187. The Morgan fingerprint density at radius 1 is 1.27 bits per heavy atom. The number of amides is 1. The topological polar surface area (TPSA) is 35.6 Å². The Morgan fingerprint density at radius 2 is 1.94 bits per heavy atom. The van der Waals surface area contributed by atoms with Crippen LogP contribution in [-0.2, 0) is 4.79 Å². The number of fused-ring (bicyclic) bond motifs is 1. The van der Waals surface area contributed by atoms with Gasteiger partial charge in [0.2, 0.25) is 5.91 Å². The maximum absolute atomic E-state index is 12.8. The number of hydrogen-bond donors (Lipinski definition) is 1. The molecule has 2 aliphatic rings. The fourth-order valence-electron chi connectivity index (χ4n) is 4.86. The number of aryl methyl sites for hydroxylation is 1. The smallest absolute Gasteiger partial charge is 0.226 e. The molecule has 4 heteroatoms. The molecular weight excluding hydrogens is 406 g/mol. The largest absolute Gasteiger partial charge is 0.372 e. The van der Waals surface area contributed by atoms with E-state index in [0.29, 0.717) is 12.3 Å². The molecule has 0 radical (unpaired) electrons. The zero-order valence-corrected chi connectivity index (χ0v) is 21.6. The number of likely N-dealkylation sites (tertiary alicyclic amines) is 1. The Bertz CT molecular complexity index is 903. The van der Waals surface area contributed by atoms with Gasteiger partial charge in [0.15, 0.2) is 0 Å². The summed E-state index contributed by atoms with van der Waals surface area (Å²) in [5.41, 5.74) is 5.81. The van der Waals surface area contributed by atoms with Gasteiger partial charge in [0.05, 0.1) is 16.9 Å². The number of likely N-dealkylation sites (N-methyl/N-ethyl adjacent to an activating group) is 1. The van der Waals surface area contributed by atoms with E-state index in [0.717, 1.165) is 38.0 Å². The minimum absolute atomic E-state index is 0.174. The molecule has 0 aromatic heterocycles. The molecule has 1 unspecified atom stereocenters. The van der Waals surface area contributed by atoms with E-state index < -0.39 is 0 Å². The highest BCUT2D eigenvalue weighted by Crippen LogP contribution is 2.44. The van der Waals surface area contributed by atoms with Crippen LogP contribution in [-0.4, -0.2) is 36.5 Å². The van der Waals surface area contributed by atoms with Crippen molar-refractivity contribution in [2.24, 2.45) is 5.92 Å². The van der Waals surface area contributed by atoms with Gasteiger partial charge in [-0.2, -0.15) is 0 Å². The highest BCUT2D eigenvalue weighted by atomic mass is 16.2. The lowest BCUT2D eigenvalue weighted by Gasteiger charge is -2.50. The summed E-state index contributed by atoms with van der Waals surface area (Å²) in [6.45, 7) is 19.7. The van der Waals surface area contributed by atoms with E-state index >= 15 is 0 Å². The summed E-state index contributed by atoms with van der Waals surface area (Å²) in [4.78, 5) is 17.1. The molecule has 2 heterocycles. The monoisotopic (exact) mass is 449 g/mol. The first kappa shape index (κ1) is 26.5. The van der Waals surface area contributed by atoms with Crippen molar-refractivity contribution < 1.29 is 4.79 Å². The van der Waals surface area contributed by atoms with Crippen LogP contribution in [0.15, 0.2) is 66.9 Å². The standard InChI is InChI=1S/C27H37N3O.C2H6/c1-7-9-25-27(28-23-19-22(5)12-13-24(23)29(25)6)14-16-30(17-15-27)26(31)11-8-10-21(4)18-20(2)3;1-2/h7-10,12-13,19,21,28H,1-2,11,14-18H2,3-6H3;1-2H3/b10-8+,25-9-;. The zero-order chi connectivity index (χ0) is 24.6. The van der Waals surface area contributed by atoms with Crippen molar-refractivity contribution in [1.82, 2.24) is 4.90 Å². The summed E-state index contributed by atoms with van der Waals surface area (Å²) in [6.07, 6.45) is 11.3. The number of nitrogens with one attached hydrogen (secondary N) is 1. The third-order valence-corrected chi connectivity index (χ3v) is 6.41. The first-order valence-corrected chi connectivity index (χ1v) is 12.3. The summed E-state index contributed by atoms with van der Waals surface area (Å²) >= 11 is 0. The van der Waals surface area contributed by atoms with E-state index in [-0.39, 0.29) is 11.4 Å². The minimum atomic E-state index is -0.174. The molecule has 4 nitrogen and oxygen atoms in total. The highest BCUT2D eigenvalue weighted by molar-refractivity contribution is 5.80. The number of anilines is 2. The molecule has 0 bridgehead atoms. The van der Waals surface area contributed by atoms with Gasteiger partial charge in [-0.15, -0.1) is 6.58 Å². The van der Waals surface area contributed by atoms with Gasteiger partial charge in [-0.25, -0.2) is 0 Å². The zero-order valence-electron chi connectivity index (χ0n) is 21.6. The predicted molar refractivity (Wildman–Crippen MR) is 144 cm³/mol. The molecule has 2 aliphatic heterocycles. The van der Waals surface area contributed by atoms with Gasteiger partial charge in [-0.05, 0) is 62.8 Å². The lowest BCUT2D eigenvalue weighted by molar-refractivity contribution is -0.131. The van der Waals surface area contributed by atoms with E-state index in [1.54, 1.807) is 0 Å². The van der Waals surface area contributed by atoms with E-state index in [9.17, 15) is 4.79 Å². The molecule has 1 atom stereocenters. The lowest BCUT2D eigenvalue weighted by atomic mass is 9.80. The van der Waals surface area contributed by atoms with Crippen LogP contribution in [0.5, 0.6) is 0 Å². The van der Waals surface area contributed by atoms with Crippen LogP contribution in [0.3, 0.4) is 0 Å². The molecule has 1 saturated heterocycles. The van der Waals surface area contributed by atoms with Crippen molar-refractivity contribution in [3.63, 3.8) is 0 Å². The highest BCUT2D eigenvalue weighted by Gasteiger charge is 2.43. The quantitative estimate of drug-likeness (QED) is 0.482. The Kier molecular flexibility index (Phi) is 9.57. The van der Waals surface area contributed by atoms with Crippen LogP contribution < -0.4 is 10.2 Å². The van der Waals surface area contributed by atoms with E-state index in [2.05, 4.69) is 74.6 Å². The number of piperidine rings is 1. The molecule has 1 fully saturated rings. The van der Waals surface area contributed by atoms with Gasteiger partial charge >= 0.3 is 0 Å². The fourth-order valence-corrected chi connectivity index (χ4v) is 4.86. The molecule has 180 valence electrons. The van der Waals surface area contributed by atoms with Crippen LogP contribution in [0.4, 0.5) is 11.4 Å². The normalized spacial score (nSPS) is 18.9. The number of rotatable bonds is 6. The van der Waals surface area contributed by atoms with Crippen LogP contribution in [0.2, 0.25) is 0 Å². The number of carbonyl (C=O) groups is 1. The van der Waals surface area contributed by atoms with E-state index in [1.807, 2.05) is 37.8 Å². The van der Waals surface area contributed by atoms with Gasteiger partial charge in [-0.1, -0.05) is 57.2 Å². The van der Waals surface area contributed by atoms with Gasteiger partial charge in [0, 0.05) is 32.3 Å². The number of nitrogens with zero attached hydrogens (tertiary/aromatic N) is 2. The van der Waals surface area contributed by atoms with E-state index in [1.165, 1.54) is 22.5 Å². The summed E-state index contributed by atoms with van der Waals surface area (Å²) in [7, 11) is 2.13. The molecular formula is C29H43N3O. The fraction of sp³-hybridized carbons (Fsp3) is 0.483. The number of allylic oxidation sites excluding steroid dienone is 4. The second-order valence-corrected chi connectivity index (χ2v) is 9.23. The molecule has 3 rings (SSSR count). The van der Waals surface area contributed by atoms with Crippen molar-refractivity contribution in [3.8, 4) is 0 Å². The Morgan fingerprint density at radius 3 is 2.55 bits per heavy atom. The van der Waals surface area contributed by atoms with Crippen molar-refractivity contribution >= 4 is 17.3 Å². The molecule has 1 amide bonds. The van der Waals surface area contributed by atoms with Crippen LogP contribution in [0.25, 0.3) is 0 Å². The maximum atomic E-state index is 12.8. The van der Waals surface area contributed by atoms with E-state index in [4.69, 9.17) is 0 Å².